The highest BCUT2D eigenvalue weighted by Crippen LogP contribution is 2.46. The van der Waals surface area contributed by atoms with E-state index in [1.54, 1.807) is 22.6 Å². The molecule has 2 aliphatic rings. The molecule has 0 unspecified atom stereocenters. The highest BCUT2D eigenvalue weighted by molar-refractivity contribution is 7.18. The van der Waals surface area contributed by atoms with Gasteiger partial charge in [-0.25, -0.2) is 21.3 Å². The molecule has 4 rings (SSSR count). The minimum atomic E-state index is -0.490. The van der Waals surface area contributed by atoms with Crippen molar-refractivity contribution in [2.75, 3.05) is 13.6 Å². The van der Waals surface area contributed by atoms with Crippen molar-refractivity contribution in [1.82, 2.24) is 14.9 Å². The van der Waals surface area contributed by atoms with E-state index in [4.69, 9.17) is 16.0 Å². The number of carbonyl (C=O) groups excluding carboxylic acids is 1. The summed E-state index contributed by atoms with van der Waals surface area (Å²) >= 11 is 1.76. The molecule has 0 radical (unpaired) electrons. The molecule has 33 heavy (non-hydrogen) atoms. The molecule has 2 aromatic rings. The summed E-state index contributed by atoms with van der Waals surface area (Å²) in [5, 5.41) is 1.07. The van der Waals surface area contributed by atoms with E-state index >= 15 is 0 Å². The van der Waals surface area contributed by atoms with Gasteiger partial charge in [0.25, 0.3) is 0 Å². The normalized spacial score (nSPS) is 22.9. The number of hydrogen-bond donors (Lipinski definition) is 0. The Balaban J connectivity index is 1.46. The SMILES string of the molecule is [C-]#[N+]CC[C@H]1CCCc2sc3ncnc(OC4CCC(N(C)C(=O)OC(C)(C)C)CC4)c3c21. The molecule has 0 spiro atoms. The average Bonchev–Trinajstić information content (AvgIpc) is 3.17. The predicted octanol–water partition coefficient (Wildman–Crippen LogP) is 5.98. The van der Waals surface area contributed by atoms with Crippen LogP contribution < -0.4 is 4.74 Å². The Hall–Kier alpha value is -2.40. The predicted molar refractivity (Wildman–Crippen MR) is 130 cm³/mol. The van der Waals surface area contributed by atoms with E-state index in [9.17, 15) is 4.79 Å². The fraction of sp³-hybridized carbons (Fsp3) is 0.680. The van der Waals surface area contributed by atoms with E-state index in [0.717, 1.165) is 55.2 Å². The van der Waals surface area contributed by atoms with Gasteiger partial charge in [-0.3, -0.25) is 0 Å². The van der Waals surface area contributed by atoms with Crippen molar-refractivity contribution in [3.63, 3.8) is 0 Å². The fourth-order valence-corrected chi connectivity index (χ4v) is 6.29. The molecule has 0 saturated heterocycles. The summed E-state index contributed by atoms with van der Waals surface area (Å²) in [4.78, 5) is 29.2. The first-order chi connectivity index (χ1) is 15.8. The van der Waals surface area contributed by atoms with Crippen LogP contribution in [0.25, 0.3) is 15.1 Å². The second-order valence-electron chi connectivity index (χ2n) is 10.2. The van der Waals surface area contributed by atoms with Crippen LogP contribution in [0.15, 0.2) is 6.33 Å². The third kappa shape index (κ3) is 5.40. The topological polar surface area (TPSA) is 68.9 Å². The summed E-state index contributed by atoms with van der Waals surface area (Å²) in [7, 11) is 1.83. The highest BCUT2D eigenvalue weighted by Gasteiger charge is 2.32. The number of hydrogen-bond acceptors (Lipinski definition) is 6. The standard InChI is InChI=1S/C25H34N4O3S/c1-25(2,3)32-24(30)29(5)17-9-11-18(12-10-17)31-22-21-20-16(13-14-26-4)7-6-8-19(20)33-23(21)28-15-27-22/h15-18H,6-14H2,1-3,5H3/t16-,17?,18?/m1/s1. The minimum Gasteiger partial charge on any atom is -0.474 e. The summed E-state index contributed by atoms with van der Waals surface area (Å²) in [6, 6.07) is 0.164. The van der Waals surface area contributed by atoms with E-state index in [2.05, 4.69) is 14.8 Å². The van der Waals surface area contributed by atoms with E-state index in [0.29, 0.717) is 18.3 Å². The quantitative estimate of drug-likeness (QED) is 0.503. The number of fused-ring (bicyclic) bond motifs is 3. The molecular weight excluding hydrogens is 436 g/mol. The Bertz CT molecular complexity index is 1030. The molecule has 1 amide bonds. The first-order valence-electron chi connectivity index (χ1n) is 12.0. The van der Waals surface area contributed by atoms with Gasteiger partial charge in [0.15, 0.2) is 0 Å². The van der Waals surface area contributed by atoms with Gasteiger partial charge in [0, 0.05) is 24.4 Å². The number of thiophene rings is 1. The molecule has 8 heteroatoms. The second kappa shape index (κ2) is 9.84. The summed E-state index contributed by atoms with van der Waals surface area (Å²) < 4.78 is 12.0. The summed E-state index contributed by atoms with van der Waals surface area (Å²) in [6.07, 6.45) is 9.17. The Kier molecular flexibility index (Phi) is 7.08. The van der Waals surface area contributed by atoms with Crippen molar-refractivity contribution in [1.29, 1.82) is 0 Å². The Morgan fingerprint density at radius 2 is 2.00 bits per heavy atom. The molecule has 0 N–H and O–H groups in total. The molecule has 1 fully saturated rings. The van der Waals surface area contributed by atoms with Gasteiger partial charge in [-0.05, 0) is 77.2 Å². The van der Waals surface area contributed by atoms with Crippen LogP contribution in [0.2, 0.25) is 0 Å². The smallest absolute Gasteiger partial charge is 0.410 e. The van der Waals surface area contributed by atoms with Gasteiger partial charge in [0.1, 0.15) is 22.9 Å². The van der Waals surface area contributed by atoms with Crippen LogP contribution in [0.1, 0.15) is 82.1 Å². The minimum absolute atomic E-state index is 0.0761. The van der Waals surface area contributed by atoms with Crippen molar-refractivity contribution >= 4 is 27.6 Å². The van der Waals surface area contributed by atoms with E-state index in [-0.39, 0.29) is 18.2 Å². The van der Waals surface area contributed by atoms with Crippen LogP contribution in [0.3, 0.4) is 0 Å². The molecule has 1 atom stereocenters. The lowest BCUT2D eigenvalue weighted by Gasteiger charge is -2.35. The Labute approximate surface area is 200 Å². The van der Waals surface area contributed by atoms with Crippen molar-refractivity contribution < 1.29 is 14.3 Å². The number of nitrogens with zero attached hydrogens (tertiary/aromatic N) is 4. The van der Waals surface area contributed by atoms with Gasteiger partial charge in [-0.15, -0.1) is 11.3 Å². The number of rotatable bonds is 5. The van der Waals surface area contributed by atoms with Crippen molar-refractivity contribution in [3.05, 3.63) is 28.2 Å². The van der Waals surface area contributed by atoms with Gasteiger partial charge in [-0.1, -0.05) is 0 Å². The van der Waals surface area contributed by atoms with E-state index in [1.807, 2.05) is 27.8 Å². The van der Waals surface area contributed by atoms with Gasteiger partial charge in [0.2, 0.25) is 12.4 Å². The van der Waals surface area contributed by atoms with Crippen molar-refractivity contribution in [2.45, 2.75) is 95.8 Å². The monoisotopic (exact) mass is 470 g/mol. The van der Waals surface area contributed by atoms with Crippen LogP contribution >= 0.6 is 11.3 Å². The molecule has 0 bridgehead atoms. The molecule has 178 valence electrons. The highest BCUT2D eigenvalue weighted by atomic mass is 32.1. The summed E-state index contributed by atoms with van der Waals surface area (Å²) in [5.74, 6) is 1.08. The van der Waals surface area contributed by atoms with Crippen molar-refractivity contribution in [3.8, 4) is 5.88 Å². The number of aryl methyl sites for hydroxylation is 1. The molecule has 2 heterocycles. The van der Waals surface area contributed by atoms with Gasteiger partial charge >= 0.3 is 6.09 Å². The molecule has 2 aromatic heterocycles. The molecule has 2 aliphatic carbocycles. The van der Waals surface area contributed by atoms with Gasteiger partial charge < -0.3 is 19.2 Å². The maximum Gasteiger partial charge on any atom is 0.410 e. The summed E-state index contributed by atoms with van der Waals surface area (Å²) in [5.41, 5.74) is 0.843. The fourth-order valence-electron chi connectivity index (χ4n) is 5.03. The average molecular weight is 471 g/mol. The third-order valence-electron chi connectivity index (χ3n) is 6.67. The lowest BCUT2D eigenvalue weighted by Crippen LogP contribution is -2.43. The first-order valence-corrected chi connectivity index (χ1v) is 12.8. The second-order valence-corrected chi connectivity index (χ2v) is 11.3. The molecule has 0 aromatic carbocycles. The van der Waals surface area contributed by atoms with Crippen LogP contribution in [-0.2, 0) is 11.2 Å². The molecule has 0 aliphatic heterocycles. The Morgan fingerprint density at radius 3 is 2.70 bits per heavy atom. The molecule has 7 nitrogen and oxygen atoms in total. The largest absolute Gasteiger partial charge is 0.474 e. The molecular formula is C25H34N4O3S. The zero-order valence-corrected chi connectivity index (χ0v) is 20.9. The van der Waals surface area contributed by atoms with E-state index in [1.165, 1.54) is 16.9 Å². The Morgan fingerprint density at radius 1 is 1.24 bits per heavy atom. The van der Waals surface area contributed by atoms with Crippen molar-refractivity contribution in [2.24, 2.45) is 0 Å². The number of ether oxygens (including phenoxy) is 2. The van der Waals surface area contributed by atoms with Crippen LogP contribution in [0.5, 0.6) is 5.88 Å². The zero-order chi connectivity index (χ0) is 23.6. The summed E-state index contributed by atoms with van der Waals surface area (Å²) in [6.45, 7) is 13.4. The lowest BCUT2D eigenvalue weighted by molar-refractivity contribution is 0.0137. The lowest BCUT2D eigenvalue weighted by atomic mass is 9.84. The van der Waals surface area contributed by atoms with Gasteiger partial charge in [0.05, 0.1) is 5.39 Å². The zero-order valence-electron chi connectivity index (χ0n) is 20.1. The van der Waals surface area contributed by atoms with Gasteiger partial charge in [-0.2, -0.15) is 0 Å². The molecule has 1 saturated carbocycles. The third-order valence-corrected chi connectivity index (χ3v) is 7.85. The van der Waals surface area contributed by atoms with Crippen LogP contribution in [0.4, 0.5) is 4.79 Å². The number of aromatic nitrogens is 2. The first kappa shape index (κ1) is 23.7. The number of amides is 1. The van der Waals surface area contributed by atoms with Crippen LogP contribution in [-0.4, -0.2) is 52.3 Å². The maximum atomic E-state index is 12.4. The maximum absolute atomic E-state index is 12.4. The number of carbonyl (C=O) groups is 1. The van der Waals surface area contributed by atoms with E-state index < -0.39 is 5.60 Å². The van der Waals surface area contributed by atoms with Crippen LogP contribution in [0, 0.1) is 6.57 Å².